The minimum atomic E-state index is -4.30. The van der Waals surface area contributed by atoms with Gasteiger partial charge < -0.3 is 4.74 Å². The van der Waals surface area contributed by atoms with E-state index in [4.69, 9.17) is 0 Å². The number of unbranched alkanes of at least 4 members (excludes halogenated alkanes) is 2. The van der Waals surface area contributed by atoms with Crippen LogP contribution in [-0.2, 0) is 12.5 Å². The molecule has 0 N–H and O–H groups in total. The SMILES string of the molecule is CCCCCc1cnc(-c2ccc(-c3ccc(C(F)(F)Oc4ccc(-c5cc(F)c(F)c(F)c5)c(F)c4)c(F)c3)c(F)c2)nc1. The molecule has 0 radical (unpaired) electrons. The number of rotatable bonds is 10. The second-order valence-electron chi connectivity index (χ2n) is 10.3. The summed E-state index contributed by atoms with van der Waals surface area (Å²) in [5.74, 6) is -8.71. The molecule has 0 aliphatic rings. The van der Waals surface area contributed by atoms with Crippen LogP contribution in [0.2, 0.25) is 0 Å². The van der Waals surface area contributed by atoms with Crippen LogP contribution in [0.5, 0.6) is 5.75 Å². The van der Waals surface area contributed by atoms with Gasteiger partial charge in [0.25, 0.3) is 0 Å². The Morgan fingerprint density at radius 1 is 0.622 bits per heavy atom. The summed E-state index contributed by atoms with van der Waals surface area (Å²) in [5, 5.41) is 0. The van der Waals surface area contributed by atoms with Crippen LogP contribution in [0.3, 0.4) is 0 Å². The molecule has 5 rings (SSSR count). The highest BCUT2D eigenvalue weighted by molar-refractivity contribution is 5.69. The molecular weight excluding hydrogens is 604 g/mol. The summed E-state index contributed by atoms with van der Waals surface area (Å²) in [4.78, 5) is 8.58. The van der Waals surface area contributed by atoms with Crippen molar-refractivity contribution in [3.8, 4) is 39.4 Å². The lowest BCUT2D eigenvalue weighted by molar-refractivity contribution is -0.187. The number of hydrogen-bond donors (Lipinski definition) is 0. The minimum Gasteiger partial charge on any atom is -0.429 e. The van der Waals surface area contributed by atoms with E-state index in [0.29, 0.717) is 41.7 Å². The fraction of sp³-hybridized carbons (Fsp3) is 0.176. The van der Waals surface area contributed by atoms with Crippen molar-refractivity contribution in [1.29, 1.82) is 0 Å². The van der Waals surface area contributed by atoms with Gasteiger partial charge >= 0.3 is 6.11 Å². The zero-order valence-corrected chi connectivity index (χ0v) is 23.7. The van der Waals surface area contributed by atoms with Gasteiger partial charge in [-0.1, -0.05) is 38.0 Å². The van der Waals surface area contributed by atoms with Gasteiger partial charge in [0.1, 0.15) is 23.2 Å². The number of nitrogens with zero attached hydrogens (tertiary/aromatic N) is 2. The number of aromatic nitrogens is 2. The van der Waals surface area contributed by atoms with Crippen LogP contribution in [-0.4, -0.2) is 9.97 Å². The van der Waals surface area contributed by atoms with Crippen LogP contribution >= 0.6 is 0 Å². The van der Waals surface area contributed by atoms with E-state index in [0.717, 1.165) is 55.5 Å². The van der Waals surface area contributed by atoms with Crippen LogP contribution < -0.4 is 4.74 Å². The molecule has 0 aliphatic carbocycles. The normalized spacial score (nSPS) is 11.6. The van der Waals surface area contributed by atoms with Crippen molar-refractivity contribution in [2.45, 2.75) is 38.7 Å². The van der Waals surface area contributed by atoms with Gasteiger partial charge in [-0.05, 0) is 72.0 Å². The van der Waals surface area contributed by atoms with Gasteiger partial charge in [-0.3, -0.25) is 0 Å². The fourth-order valence-electron chi connectivity index (χ4n) is 4.73. The monoisotopic (exact) mass is 628 g/mol. The molecule has 0 saturated carbocycles. The molecule has 0 fully saturated rings. The topological polar surface area (TPSA) is 35.0 Å². The molecule has 232 valence electrons. The van der Waals surface area contributed by atoms with Crippen molar-refractivity contribution in [3.05, 3.63) is 125 Å². The second-order valence-corrected chi connectivity index (χ2v) is 10.3. The minimum absolute atomic E-state index is 0.0301. The van der Waals surface area contributed by atoms with Gasteiger partial charge in [-0.15, -0.1) is 0 Å². The van der Waals surface area contributed by atoms with E-state index in [1.807, 2.05) is 0 Å². The first kappa shape index (κ1) is 31.6. The summed E-state index contributed by atoms with van der Waals surface area (Å²) in [6, 6.07) is 9.92. The zero-order chi connectivity index (χ0) is 32.3. The van der Waals surface area contributed by atoms with E-state index in [9.17, 15) is 30.7 Å². The fourth-order valence-corrected chi connectivity index (χ4v) is 4.73. The number of ether oxygens (including phenoxy) is 1. The van der Waals surface area contributed by atoms with Crippen molar-refractivity contribution < 1.29 is 39.9 Å². The van der Waals surface area contributed by atoms with Gasteiger partial charge in [-0.2, -0.15) is 8.78 Å². The molecule has 45 heavy (non-hydrogen) atoms. The van der Waals surface area contributed by atoms with Crippen LogP contribution in [0, 0.1) is 34.9 Å². The Kier molecular flexibility index (Phi) is 9.17. The Morgan fingerprint density at radius 3 is 1.82 bits per heavy atom. The van der Waals surface area contributed by atoms with Gasteiger partial charge in [0, 0.05) is 35.2 Å². The number of benzene rings is 4. The Labute approximate surface area is 253 Å². The lowest BCUT2D eigenvalue weighted by atomic mass is 10.0. The summed E-state index contributed by atoms with van der Waals surface area (Å²) in [7, 11) is 0. The maximum absolute atomic E-state index is 15.1. The Morgan fingerprint density at radius 2 is 1.20 bits per heavy atom. The van der Waals surface area contributed by atoms with Crippen LogP contribution in [0.4, 0.5) is 35.1 Å². The van der Waals surface area contributed by atoms with Gasteiger partial charge in [0.05, 0.1) is 5.56 Å². The Bertz CT molecular complexity index is 1820. The summed E-state index contributed by atoms with van der Waals surface area (Å²) in [5.41, 5.74) is -0.760. The first-order valence-corrected chi connectivity index (χ1v) is 13.9. The molecule has 0 spiro atoms. The average Bonchev–Trinajstić information content (AvgIpc) is 3.00. The molecule has 11 heteroatoms. The van der Waals surface area contributed by atoms with Crippen molar-refractivity contribution in [2.75, 3.05) is 0 Å². The lowest BCUT2D eigenvalue weighted by Crippen LogP contribution is -2.23. The second kappa shape index (κ2) is 13.1. The predicted molar refractivity (Wildman–Crippen MR) is 152 cm³/mol. The zero-order valence-electron chi connectivity index (χ0n) is 23.7. The van der Waals surface area contributed by atoms with Crippen molar-refractivity contribution in [1.82, 2.24) is 9.97 Å². The van der Waals surface area contributed by atoms with E-state index < -0.39 is 57.9 Å². The third-order valence-electron chi connectivity index (χ3n) is 7.08. The Hall–Kier alpha value is -4.80. The quantitative estimate of drug-likeness (QED) is 0.0877. The summed E-state index contributed by atoms with van der Waals surface area (Å²) < 4.78 is 120. The molecule has 5 aromatic rings. The van der Waals surface area contributed by atoms with E-state index in [2.05, 4.69) is 21.6 Å². The Balaban J connectivity index is 1.32. The number of alkyl halides is 2. The van der Waals surface area contributed by atoms with E-state index in [1.165, 1.54) is 12.1 Å². The van der Waals surface area contributed by atoms with Crippen LogP contribution in [0.15, 0.2) is 79.1 Å². The number of halogens is 8. The molecule has 0 bridgehead atoms. The molecule has 0 atom stereocenters. The van der Waals surface area contributed by atoms with E-state index >= 15 is 4.39 Å². The highest BCUT2D eigenvalue weighted by Crippen LogP contribution is 2.37. The van der Waals surface area contributed by atoms with Crippen molar-refractivity contribution >= 4 is 0 Å². The smallest absolute Gasteiger partial charge is 0.429 e. The summed E-state index contributed by atoms with van der Waals surface area (Å²) in [6.45, 7) is 2.10. The third kappa shape index (κ3) is 6.97. The highest BCUT2D eigenvalue weighted by Gasteiger charge is 2.38. The van der Waals surface area contributed by atoms with Crippen LogP contribution in [0.25, 0.3) is 33.6 Å². The molecule has 4 aromatic carbocycles. The van der Waals surface area contributed by atoms with Crippen LogP contribution in [0.1, 0.15) is 37.3 Å². The van der Waals surface area contributed by atoms with Crippen molar-refractivity contribution in [3.63, 3.8) is 0 Å². The maximum atomic E-state index is 15.1. The molecule has 1 heterocycles. The number of hydrogen-bond acceptors (Lipinski definition) is 3. The van der Waals surface area contributed by atoms with E-state index in [1.54, 1.807) is 12.4 Å². The highest BCUT2D eigenvalue weighted by atomic mass is 19.3. The standard InChI is InChI=1S/C34H24F8N2O/c1-2-3-4-5-19-17-43-33(44-18-19)21-6-9-24(27(35)13-21)20-7-11-26(29(37)12-20)34(41,42)45-23-8-10-25(28(36)16-23)22-14-30(38)32(40)31(39)15-22/h6-18H,2-5H2,1H3. The summed E-state index contributed by atoms with van der Waals surface area (Å²) in [6.07, 6.45) is 3.06. The van der Waals surface area contributed by atoms with Gasteiger partial charge in [0.15, 0.2) is 23.3 Å². The first-order chi connectivity index (χ1) is 21.5. The molecule has 3 nitrogen and oxygen atoms in total. The lowest BCUT2D eigenvalue weighted by Gasteiger charge is -2.20. The largest absolute Gasteiger partial charge is 0.429 e. The molecular formula is C34H24F8N2O. The summed E-state index contributed by atoms with van der Waals surface area (Å²) >= 11 is 0. The van der Waals surface area contributed by atoms with E-state index in [-0.39, 0.29) is 16.7 Å². The maximum Gasteiger partial charge on any atom is 0.429 e. The average molecular weight is 629 g/mol. The molecule has 1 aromatic heterocycles. The molecule has 0 amide bonds. The van der Waals surface area contributed by atoms with Gasteiger partial charge in [-0.25, -0.2) is 36.3 Å². The molecule has 0 saturated heterocycles. The predicted octanol–water partition coefficient (Wildman–Crippen LogP) is 10.2. The van der Waals surface area contributed by atoms with Crippen molar-refractivity contribution in [2.24, 2.45) is 0 Å². The molecule has 0 aliphatic heterocycles. The number of aryl methyl sites for hydroxylation is 1. The third-order valence-corrected chi connectivity index (χ3v) is 7.08. The molecule has 0 unspecified atom stereocenters. The van der Waals surface area contributed by atoms with Gasteiger partial charge in [0.2, 0.25) is 0 Å². The first-order valence-electron chi connectivity index (χ1n) is 13.9.